The molecule has 0 saturated carbocycles. The van der Waals surface area contributed by atoms with Gasteiger partial charge < -0.3 is 5.32 Å². The molecule has 0 atom stereocenters. The Kier molecular flexibility index (Phi) is 3.10. The molecule has 17 heavy (non-hydrogen) atoms. The van der Waals surface area contributed by atoms with Gasteiger partial charge in [0.2, 0.25) is 9.84 Å². The minimum atomic E-state index is -3.23. The van der Waals surface area contributed by atoms with E-state index in [1.165, 1.54) is 5.41 Å². The summed E-state index contributed by atoms with van der Waals surface area (Å²) in [6.45, 7) is 6.58. The number of fused-ring (bicyclic) bond motifs is 1. The third-order valence-corrected chi connectivity index (χ3v) is 4.33. The minimum Gasteiger partial charge on any atom is -0.310 e. The van der Waals surface area contributed by atoms with Crippen LogP contribution in [0.4, 0.5) is 0 Å². The second-order valence-electron chi connectivity index (χ2n) is 4.72. The molecule has 1 aromatic rings. The van der Waals surface area contributed by atoms with E-state index in [2.05, 4.69) is 5.32 Å². The van der Waals surface area contributed by atoms with Crippen molar-refractivity contribution in [2.75, 3.05) is 6.54 Å². The molecule has 1 N–H and O–H groups in total. The third kappa shape index (κ3) is 2.42. The van der Waals surface area contributed by atoms with Gasteiger partial charge in [-0.15, -0.1) is 0 Å². The van der Waals surface area contributed by atoms with Gasteiger partial charge in [-0.25, -0.2) is 8.42 Å². The Morgan fingerprint density at radius 3 is 2.65 bits per heavy atom. The summed E-state index contributed by atoms with van der Waals surface area (Å²) in [5.41, 5.74) is 2.66. The molecule has 0 unspecified atom stereocenters. The first kappa shape index (κ1) is 12.3. The fourth-order valence-electron chi connectivity index (χ4n) is 1.90. The van der Waals surface area contributed by atoms with Gasteiger partial charge in [0.05, 0.1) is 4.90 Å². The monoisotopic (exact) mass is 251 g/mol. The second kappa shape index (κ2) is 4.27. The van der Waals surface area contributed by atoms with Crippen molar-refractivity contribution in [2.24, 2.45) is 0 Å². The molecule has 92 valence electrons. The van der Waals surface area contributed by atoms with Crippen LogP contribution in [0.25, 0.3) is 5.57 Å². The second-order valence-corrected chi connectivity index (χ2v) is 6.49. The lowest BCUT2D eigenvalue weighted by Crippen LogP contribution is -2.24. The molecule has 4 heteroatoms. The topological polar surface area (TPSA) is 46.2 Å². The maximum atomic E-state index is 12.0. The summed E-state index contributed by atoms with van der Waals surface area (Å²) in [6.07, 6.45) is 0. The molecule has 0 radical (unpaired) electrons. The number of nitrogens with one attached hydrogen (secondary N) is 1. The molecular weight excluding hydrogens is 234 g/mol. The van der Waals surface area contributed by atoms with E-state index in [0.717, 1.165) is 16.7 Å². The first-order valence-corrected chi connectivity index (χ1v) is 7.25. The van der Waals surface area contributed by atoms with E-state index >= 15 is 0 Å². The largest absolute Gasteiger partial charge is 0.310 e. The van der Waals surface area contributed by atoms with Gasteiger partial charge in [-0.05, 0) is 29.7 Å². The van der Waals surface area contributed by atoms with Crippen molar-refractivity contribution < 1.29 is 8.42 Å². The van der Waals surface area contributed by atoms with Crippen molar-refractivity contribution in [3.63, 3.8) is 0 Å². The molecule has 0 amide bonds. The molecule has 0 aromatic heterocycles. The van der Waals surface area contributed by atoms with E-state index in [4.69, 9.17) is 0 Å². The molecule has 0 bridgehead atoms. The van der Waals surface area contributed by atoms with E-state index in [0.29, 0.717) is 17.5 Å². The molecule has 3 nitrogen and oxygen atoms in total. The molecule has 1 aromatic carbocycles. The molecular formula is C13H17NO2S. The highest BCUT2D eigenvalue weighted by atomic mass is 32.2. The lowest BCUT2D eigenvalue weighted by atomic mass is 10.1. The zero-order valence-electron chi connectivity index (χ0n) is 10.3. The van der Waals surface area contributed by atoms with Crippen LogP contribution in [0.2, 0.25) is 0 Å². The SMILES string of the molecule is Cc1ccc2c(c1)S(=O)(=O)C=C2CNC(C)C. The Bertz CT molecular complexity index is 571. The van der Waals surface area contributed by atoms with Gasteiger partial charge in [0.25, 0.3) is 0 Å². The predicted octanol–water partition coefficient (Wildman–Crippen LogP) is 2.12. The average Bonchev–Trinajstić information content (AvgIpc) is 2.48. The van der Waals surface area contributed by atoms with E-state index < -0.39 is 9.84 Å². The summed E-state index contributed by atoms with van der Waals surface area (Å²) in [5.74, 6) is 0. The first-order chi connectivity index (χ1) is 7.90. The van der Waals surface area contributed by atoms with Crippen molar-refractivity contribution >= 4 is 15.4 Å². The van der Waals surface area contributed by atoms with Crippen LogP contribution in [-0.2, 0) is 9.84 Å². The number of aryl methyl sites for hydroxylation is 1. The van der Waals surface area contributed by atoms with Gasteiger partial charge in [0.1, 0.15) is 0 Å². The highest BCUT2D eigenvalue weighted by molar-refractivity contribution is 7.95. The molecule has 2 rings (SSSR count). The predicted molar refractivity (Wildman–Crippen MR) is 69.5 cm³/mol. The number of hydrogen-bond acceptors (Lipinski definition) is 3. The zero-order chi connectivity index (χ0) is 12.6. The molecule has 1 aliphatic rings. The Labute approximate surface area is 102 Å². The van der Waals surface area contributed by atoms with Crippen LogP contribution in [0.3, 0.4) is 0 Å². The highest BCUT2D eigenvalue weighted by Gasteiger charge is 2.26. The van der Waals surface area contributed by atoms with Gasteiger partial charge in [0, 0.05) is 18.0 Å². The van der Waals surface area contributed by atoms with Crippen LogP contribution in [0.5, 0.6) is 0 Å². The molecule has 0 aliphatic carbocycles. The van der Waals surface area contributed by atoms with Crippen LogP contribution >= 0.6 is 0 Å². The molecule has 0 fully saturated rings. The zero-order valence-corrected chi connectivity index (χ0v) is 11.1. The van der Waals surface area contributed by atoms with Crippen molar-refractivity contribution in [3.8, 4) is 0 Å². The van der Waals surface area contributed by atoms with E-state index in [1.54, 1.807) is 6.07 Å². The van der Waals surface area contributed by atoms with Crippen LogP contribution in [0.1, 0.15) is 25.0 Å². The van der Waals surface area contributed by atoms with Crippen LogP contribution in [-0.4, -0.2) is 21.0 Å². The van der Waals surface area contributed by atoms with E-state index in [9.17, 15) is 8.42 Å². The van der Waals surface area contributed by atoms with Crippen molar-refractivity contribution in [2.45, 2.75) is 31.7 Å². The Morgan fingerprint density at radius 1 is 1.29 bits per heavy atom. The lowest BCUT2D eigenvalue weighted by Gasteiger charge is -2.09. The van der Waals surface area contributed by atoms with Crippen molar-refractivity contribution in [1.29, 1.82) is 0 Å². The quantitative estimate of drug-likeness (QED) is 0.895. The van der Waals surface area contributed by atoms with Gasteiger partial charge >= 0.3 is 0 Å². The third-order valence-electron chi connectivity index (χ3n) is 2.79. The van der Waals surface area contributed by atoms with Gasteiger partial charge in [-0.1, -0.05) is 26.0 Å². The summed E-state index contributed by atoms with van der Waals surface area (Å²) in [4.78, 5) is 0.443. The smallest absolute Gasteiger partial charge is 0.200 e. The van der Waals surface area contributed by atoms with Crippen molar-refractivity contribution in [1.82, 2.24) is 5.32 Å². The molecule has 0 spiro atoms. The minimum absolute atomic E-state index is 0.341. The van der Waals surface area contributed by atoms with Crippen LogP contribution < -0.4 is 5.32 Å². The van der Waals surface area contributed by atoms with Gasteiger partial charge in [-0.3, -0.25) is 0 Å². The maximum absolute atomic E-state index is 12.0. The normalized spacial score (nSPS) is 17.1. The fourth-order valence-corrected chi connectivity index (χ4v) is 3.46. The highest BCUT2D eigenvalue weighted by Crippen LogP contribution is 2.33. The van der Waals surface area contributed by atoms with E-state index in [1.807, 2.05) is 32.9 Å². The molecule has 1 aliphatic heterocycles. The summed E-state index contributed by atoms with van der Waals surface area (Å²) in [5, 5.41) is 4.63. The summed E-state index contributed by atoms with van der Waals surface area (Å²) < 4.78 is 23.9. The molecule has 1 heterocycles. The Balaban J connectivity index is 2.40. The molecule has 0 saturated heterocycles. The Morgan fingerprint density at radius 2 is 2.00 bits per heavy atom. The van der Waals surface area contributed by atoms with Gasteiger partial charge in [0.15, 0.2) is 0 Å². The van der Waals surface area contributed by atoms with Crippen LogP contribution in [0, 0.1) is 6.92 Å². The summed E-state index contributed by atoms with van der Waals surface area (Å²) in [6, 6.07) is 5.92. The Hall–Kier alpha value is -1.13. The summed E-state index contributed by atoms with van der Waals surface area (Å²) >= 11 is 0. The standard InChI is InChI=1S/C13H17NO2S/c1-9(2)14-7-11-8-17(15,16)13-6-10(3)4-5-12(11)13/h4-6,8-9,14H,7H2,1-3H3. The number of hydrogen-bond donors (Lipinski definition) is 1. The van der Waals surface area contributed by atoms with Crippen molar-refractivity contribution in [3.05, 3.63) is 34.7 Å². The van der Waals surface area contributed by atoms with E-state index in [-0.39, 0.29) is 0 Å². The lowest BCUT2D eigenvalue weighted by molar-refractivity contribution is 0.605. The first-order valence-electron chi connectivity index (χ1n) is 5.70. The van der Waals surface area contributed by atoms with Gasteiger partial charge in [-0.2, -0.15) is 0 Å². The maximum Gasteiger partial charge on any atom is 0.200 e. The average molecular weight is 251 g/mol. The number of rotatable bonds is 3. The van der Waals surface area contributed by atoms with Crippen LogP contribution in [0.15, 0.2) is 28.5 Å². The number of benzene rings is 1. The summed E-state index contributed by atoms with van der Waals surface area (Å²) in [7, 11) is -3.23. The fraction of sp³-hybridized carbons (Fsp3) is 0.385. The number of sulfone groups is 1.